The second-order valence-corrected chi connectivity index (χ2v) is 13.2. The van der Waals surface area contributed by atoms with E-state index in [0.29, 0.717) is 5.56 Å². The molecule has 9 rings (SSSR count). The first-order chi connectivity index (χ1) is 24.0. The van der Waals surface area contributed by atoms with Gasteiger partial charge in [0, 0.05) is 40.0 Å². The third-order valence-corrected chi connectivity index (χ3v) is 10.1. The summed E-state index contributed by atoms with van der Waals surface area (Å²) >= 11 is 0. The van der Waals surface area contributed by atoms with Gasteiger partial charge in [-0.25, -0.2) is 0 Å². The summed E-state index contributed by atoms with van der Waals surface area (Å²) in [6.07, 6.45) is 3.84. The Hall–Kier alpha value is -6.44. The Labute approximate surface area is 285 Å². The van der Waals surface area contributed by atoms with E-state index in [9.17, 15) is 5.26 Å². The van der Waals surface area contributed by atoms with Gasteiger partial charge in [-0.3, -0.25) is 4.98 Å². The number of pyridine rings is 1. The fraction of sp³-hybridized carbons (Fsp3) is 0.0667. The number of aromatic nitrogens is 2. The van der Waals surface area contributed by atoms with Gasteiger partial charge in [0.2, 0.25) is 0 Å². The van der Waals surface area contributed by atoms with Crippen LogP contribution in [-0.4, -0.2) is 9.55 Å². The zero-order chi connectivity index (χ0) is 33.1. The van der Waals surface area contributed by atoms with Crippen LogP contribution in [0, 0.1) is 11.3 Å². The smallest absolute Gasteiger partial charge is 0.0991 e. The molecule has 1 aliphatic rings. The Morgan fingerprint density at radius 2 is 1.20 bits per heavy atom. The number of para-hydroxylation sites is 3. The average molecular weight is 629 g/mol. The van der Waals surface area contributed by atoms with Crippen molar-refractivity contribution in [2.24, 2.45) is 0 Å². The van der Waals surface area contributed by atoms with Crippen LogP contribution in [-0.2, 0) is 5.41 Å². The number of rotatable bonds is 4. The Morgan fingerprint density at radius 1 is 0.571 bits per heavy atom. The minimum Gasteiger partial charge on any atom is -0.310 e. The molecule has 0 N–H and O–H groups in total. The molecular formula is C45H32N4. The molecule has 0 fully saturated rings. The molecular weight excluding hydrogens is 597 g/mol. The highest BCUT2D eigenvalue weighted by Crippen LogP contribution is 2.52. The number of benzene rings is 6. The highest BCUT2D eigenvalue weighted by molar-refractivity contribution is 6.09. The molecule has 0 aliphatic carbocycles. The van der Waals surface area contributed by atoms with E-state index in [1.807, 2.05) is 30.6 Å². The van der Waals surface area contributed by atoms with E-state index >= 15 is 0 Å². The standard InChI is InChI=1S/C45H32N4/c1-45(2)39-17-6-9-20-43(39)49(44-21-10-7-18-40(44)45)34-26-32(36-15-4-3-14-35(36)31-13-11-12-30(24-31)28-46)25-33(27-34)48-41-19-8-5-16-37(41)38-29-47-23-22-42(38)48/h3-27,29H,1-2H3. The molecule has 3 heterocycles. The van der Waals surface area contributed by atoms with E-state index < -0.39 is 0 Å². The molecule has 232 valence electrons. The van der Waals surface area contributed by atoms with Gasteiger partial charge in [-0.1, -0.05) is 105 Å². The Bertz CT molecular complexity index is 2520. The predicted molar refractivity (Wildman–Crippen MR) is 201 cm³/mol. The lowest BCUT2D eigenvalue weighted by atomic mass is 9.73. The van der Waals surface area contributed by atoms with Gasteiger partial charge in [0.1, 0.15) is 0 Å². The lowest BCUT2D eigenvalue weighted by Crippen LogP contribution is -2.30. The van der Waals surface area contributed by atoms with E-state index in [-0.39, 0.29) is 5.41 Å². The van der Waals surface area contributed by atoms with Crippen molar-refractivity contribution in [1.82, 2.24) is 9.55 Å². The Balaban J connectivity index is 1.37. The maximum atomic E-state index is 9.73. The molecule has 49 heavy (non-hydrogen) atoms. The van der Waals surface area contributed by atoms with Crippen molar-refractivity contribution in [3.8, 4) is 34.0 Å². The molecule has 0 spiro atoms. The highest BCUT2D eigenvalue weighted by atomic mass is 15.2. The van der Waals surface area contributed by atoms with E-state index in [0.717, 1.165) is 50.0 Å². The number of hydrogen-bond donors (Lipinski definition) is 0. The van der Waals surface area contributed by atoms with Crippen molar-refractivity contribution in [3.05, 3.63) is 175 Å². The van der Waals surface area contributed by atoms with E-state index in [1.54, 1.807) is 0 Å². The summed E-state index contributed by atoms with van der Waals surface area (Å²) in [6.45, 7) is 4.64. The van der Waals surface area contributed by atoms with E-state index in [4.69, 9.17) is 0 Å². The molecule has 0 bridgehead atoms. The van der Waals surface area contributed by atoms with Crippen LogP contribution in [0.5, 0.6) is 0 Å². The maximum absolute atomic E-state index is 9.73. The zero-order valence-corrected chi connectivity index (χ0v) is 27.3. The summed E-state index contributed by atoms with van der Waals surface area (Å²) < 4.78 is 2.37. The molecule has 4 heteroatoms. The second kappa shape index (κ2) is 11.1. The number of fused-ring (bicyclic) bond motifs is 5. The Kier molecular flexibility index (Phi) is 6.50. The van der Waals surface area contributed by atoms with Crippen LogP contribution in [0.1, 0.15) is 30.5 Å². The zero-order valence-electron chi connectivity index (χ0n) is 27.3. The maximum Gasteiger partial charge on any atom is 0.0991 e. The van der Waals surface area contributed by atoms with Gasteiger partial charge in [0.15, 0.2) is 0 Å². The van der Waals surface area contributed by atoms with Crippen molar-refractivity contribution in [1.29, 1.82) is 5.26 Å². The van der Waals surface area contributed by atoms with Gasteiger partial charge in [-0.05, 0) is 88.0 Å². The van der Waals surface area contributed by atoms with Crippen LogP contribution in [0.2, 0.25) is 0 Å². The lowest BCUT2D eigenvalue weighted by molar-refractivity contribution is 0.632. The van der Waals surface area contributed by atoms with Crippen molar-refractivity contribution < 1.29 is 0 Å². The van der Waals surface area contributed by atoms with Crippen molar-refractivity contribution in [2.75, 3.05) is 4.90 Å². The summed E-state index contributed by atoms with van der Waals surface area (Å²) in [5.74, 6) is 0. The van der Waals surface area contributed by atoms with Gasteiger partial charge in [-0.2, -0.15) is 5.26 Å². The fourth-order valence-electron chi connectivity index (χ4n) is 7.79. The van der Waals surface area contributed by atoms with Gasteiger partial charge < -0.3 is 9.47 Å². The lowest BCUT2D eigenvalue weighted by Gasteiger charge is -2.42. The normalized spacial score (nSPS) is 13.2. The van der Waals surface area contributed by atoms with Crippen LogP contribution in [0.3, 0.4) is 0 Å². The number of nitrogens with zero attached hydrogens (tertiary/aromatic N) is 4. The fourth-order valence-corrected chi connectivity index (χ4v) is 7.79. The first-order valence-corrected chi connectivity index (χ1v) is 16.6. The van der Waals surface area contributed by atoms with Crippen LogP contribution in [0.4, 0.5) is 17.1 Å². The molecule has 0 saturated carbocycles. The summed E-state index contributed by atoms with van der Waals surface area (Å²) in [5.41, 5.74) is 14.1. The molecule has 0 saturated heterocycles. The van der Waals surface area contributed by atoms with Crippen molar-refractivity contribution in [2.45, 2.75) is 19.3 Å². The van der Waals surface area contributed by atoms with Crippen LogP contribution < -0.4 is 4.90 Å². The van der Waals surface area contributed by atoms with Crippen LogP contribution in [0.15, 0.2) is 158 Å². The van der Waals surface area contributed by atoms with E-state index in [2.05, 4.69) is 162 Å². The summed E-state index contributed by atoms with van der Waals surface area (Å²) in [6, 6.07) is 53.9. The largest absolute Gasteiger partial charge is 0.310 e. The molecule has 1 aliphatic heterocycles. The minimum atomic E-state index is -0.164. The molecule has 0 atom stereocenters. The topological polar surface area (TPSA) is 44.9 Å². The summed E-state index contributed by atoms with van der Waals surface area (Å²) in [7, 11) is 0. The van der Waals surface area contributed by atoms with Crippen LogP contribution >= 0.6 is 0 Å². The molecule has 8 aromatic rings. The van der Waals surface area contributed by atoms with Gasteiger partial charge >= 0.3 is 0 Å². The first-order valence-electron chi connectivity index (χ1n) is 16.6. The molecule has 0 amide bonds. The third-order valence-electron chi connectivity index (χ3n) is 10.1. The molecule has 6 aromatic carbocycles. The minimum absolute atomic E-state index is 0.164. The number of anilines is 3. The predicted octanol–water partition coefficient (Wildman–Crippen LogP) is 11.5. The second-order valence-electron chi connectivity index (χ2n) is 13.2. The molecule has 0 unspecified atom stereocenters. The van der Waals surface area contributed by atoms with Crippen molar-refractivity contribution in [3.63, 3.8) is 0 Å². The van der Waals surface area contributed by atoms with Crippen LogP contribution in [0.25, 0.3) is 49.7 Å². The monoisotopic (exact) mass is 628 g/mol. The number of nitriles is 1. The SMILES string of the molecule is CC1(C)c2ccccc2N(c2cc(-c3ccccc3-c3cccc(C#N)c3)cc(-n3c4ccccc4c4cnccc43)c2)c2ccccc21. The van der Waals surface area contributed by atoms with Gasteiger partial charge in [-0.15, -0.1) is 0 Å². The molecule has 4 nitrogen and oxygen atoms in total. The Morgan fingerprint density at radius 3 is 1.96 bits per heavy atom. The molecule has 0 radical (unpaired) electrons. The van der Waals surface area contributed by atoms with Gasteiger partial charge in [0.25, 0.3) is 0 Å². The quantitative estimate of drug-likeness (QED) is 0.195. The van der Waals surface area contributed by atoms with Gasteiger partial charge in [0.05, 0.1) is 34.0 Å². The first kappa shape index (κ1) is 28.8. The van der Waals surface area contributed by atoms with E-state index in [1.165, 1.54) is 27.9 Å². The summed E-state index contributed by atoms with van der Waals surface area (Å²) in [4.78, 5) is 6.93. The third kappa shape index (κ3) is 4.47. The van der Waals surface area contributed by atoms with Crippen molar-refractivity contribution >= 4 is 38.9 Å². The molecule has 2 aromatic heterocycles. The highest BCUT2D eigenvalue weighted by Gasteiger charge is 2.36. The average Bonchev–Trinajstić information content (AvgIpc) is 3.49. The number of hydrogen-bond acceptors (Lipinski definition) is 3. The summed E-state index contributed by atoms with van der Waals surface area (Å²) in [5, 5.41) is 12.0.